The van der Waals surface area contributed by atoms with E-state index in [1.165, 1.54) is 0 Å². The summed E-state index contributed by atoms with van der Waals surface area (Å²) in [7, 11) is 0. The van der Waals surface area contributed by atoms with Crippen LogP contribution < -0.4 is 5.32 Å². The first-order valence-corrected chi connectivity index (χ1v) is 8.50. The fourth-order valence-electron chi connectivity index (χ4n) is 2.96. The molecule has 7 heteroatoms. The van der Waals surface area contributed by atoms with Gasteiger partial charge in [-0.05, 0) is 25.0 Å². The van der Waals surface area contributed by atoms with Gasteiger partial charge >= 0.3 is 0 Å². The van der Waals surface area contributed by atoms with Crippen LogP contribution in [0.25, 0.3) is 0 Å². The summed E-state index contributed by atoms with van der Waals surface area (Å²) >= 11 is 0. The lowest BCUT2D eigenvalue weighted by Gasteiger charge is -2.25. The predicted octanol–water partition coefficient (Wildman–Crippen LogP) is 1.86. The molecule has 0 bridgehead atoms. The maximum absolute atomic E-state index is 13.0. The smallest absolute Gasteiger partial charge is 0.291 e. The van der Waals surface area contributed by atoms with Gasteiger partial charge in [-0.15, -0.1) is 0 Å². The van der Waals surface area contributed by atoms with E-state index >= 15 is 0 Å². The van der Waals surface area contributed by atoms with Crippen LogP contribution in [0.4, 0.5) is 0 Å². The molecule has 0 aromatic carbocycles. The van der Waals surface area contributed by atoms with Gasteiger partial charge in [0.05, 0.1) is 5.69 Å². The van der Waals surface area contributed by atoms with E-state index < -0.39 is 0 Å². The van der Waals surface area contributed by atoms with Gasteiger partial charge < -0.3 is 14.6 Å². The number of nitrogens with one attached hydrogen (secondary N) is 1. The molecule has 1 aliphatic rings. The Bertz CT molecular complexity index is 757. The molecule has 25 heavy (non-hydrogen) atoms. The Labute approximate surface area is 146 Å². The zero-order valence-corrected chi connectivity index (χ0v) is 14.5. The van der Waals surface area contributed by atoms with Crippen LogP contribution in [0.5, 0.6) is 0 Å². The van der Waals surface area contributed by atoms with Crippen molar-refractivity contribution in [1.29, 1.82) is 0 Å². The van der Waals surface area contributed by atoms with Crippen LogP contribution in [-0.4, -0.2) is 39.3 Å². The molecule has 2 aromatic heterocycles. The lowest BCUT2D eigenvalue weighted by Crippen LogP contribution is -2.41. The molecule has 1 fully saturated rings. The lowest BCUT2D eigenvalue weighted by atomic mass is 10.2. The number of hydrogen-bond acceptors (Lipinski definition) is 5. The molecule has 0 radical (unpaired) electrons. The minimum atomic E-state index is -0.213. The highest BCUT2D eigenvalue weighted by Gasteiger charge is 2.28. The van der Waals surface area contributed by atoms with E-state index in [0.29, 0.717) is 37.5 Å². The van der Waals surface area contributed by atoms with Crippen LogP contribution in [0.15, 0.2) is 28.9 Å². The van der Waals surface area contributed by atoms with Crippen LogP contribution >= 0.6 is 0 Å². The third-order valence-electron chi connectivity index (χ3n) is 4.25. The second-order valence-electron chi connectivity index (χ2n) is 6.23. The number of amides is 2. The van der Waals surface area contributed by atoms with E-state index in [4.69, 9.17) is 4.42 Å². The average Bonchev–Trinajstić information content (AvgIpc) is 3.20. The van der Waals surface area contributed by atoms with Gasteiger partial charge in [-0.1, -0.05) is 13.0 Å². The monoisotopic (exact) mass is 342 g/mol. The molecule has 3 rings (SSSR count). The molecule has 132 valence electrons. The maximum atomic E-state index is 13.0. The zero-order valence-electron chi connectivity index (χ0n) is 14.5. The first kappa shape index (κ1) is 17.1. The number of rotatable bonds is 6. The van der Waals surface area contributed by atoms with E-state index in [9.17, 15) is 9.59 Å². The Kier molecular flexibility index (Phi) is 5.11. The van der Waals surface area contributed by atoms with E-state index in [1.807, 2.05) is 19.1 Å². The number of aromatic nitrogens is 2. The number of aryl methyl sites for hydroxylation is 2. The maximum Gasteiger partial charge on any atom is 0.291 e. The summed E-state index contributed by atoms with van der Waals surface area (Å²) in [6.45, 7) is 4.54. The van der Waals surface area contributed by atoms with Crippen molar-refractivity contribution in [3.8, 4) is 0 Å². The topological polar surface area (TPSA) is 88.3 Å². The van der Waals surface area contributed by atoms with Gasteiger partial charge in [-0.25, -0.2) is 4.98 Å². The summed E-state index contributed by atoms with van der Waals surface area (Å²) in [5.41, 5.74) is 1.52. The Balaban J connectivity index is 1.82. The van der Waals surface area contributed by atoms with Gasteiger partial charge in [0.1, 0.15) is 0 Å². The Morgan fingerprint density at radius 2 is 2.32 bits per heavy atom. The van der Waals surface area contributed by atoms with E-state index in [1.54, 1.807) is 24.2 Å². The molecular weight excluding hydrogens is 320 g/mol. The largest absolute Gasteiger partial charge is 0.435 e. The summed E-state index contributed by atoms with van der Waals surface area (Å²) in [5, 5.41) is 2.91. The van der Waals surface area contributed by atoms with Gasteiger partial charge in [-0.2, -0.15) is 0 Å². The highest BCUT2D eigenvalue weighted by molar-refractivity contribution is 5.92. The van der Waals surface area contributed by atoms with Crippen LogP contribution in [0, 0.1) is 6.92 Å². The number of carbonyl (C=O) groups excluding carboxylic acids is 2. The highest BCUT2D eigenvalue weighted by atomic mass is 16.4. The van der Waals surface area contributed by atoms with E-state index in [-0.39, 0.29) is 23.6 Å². The van der Waals surface area contributed by atoms with Crippen LogP contribution in [0.1, 0.15) is 47.5 Å². The third kappa shape index (κ3) is 4.04. The molecular formula is C18H22N4O3. The third-order valence-corrected chi connectivity index (χ3v) is 4.25. The molecule has 0 aliphatic carbocycles. The minimum absolute atomic E-state index is 0.0305. The Hall–Kier alpha value is -2.70. The first-order chi connectivity index (χ1) is 12.1. The number of oxazole rings is 1. The van der Waals surface area contributed by atoms with Crippen molar-refractivity contribution >= 4 is 11.8 Å². The second-order valence-corrected chi connectivity index (χ2v) is 6.23. The lowest BCUT2D eigenvalue weighted by molar-refractivity contribution is -0.119. The highest BCUT2D eigenvalue weighted by Crippen LogP contribution is 2.18. The van der Waals surface area contributed by atoms with Crippen molar-refractivity contribution in [1.82, 2.24) is 20.2 Å². The van der Waals surface area contributed by atoms with Crippen molar-refractivity contribution < 1.29 is 14.0 Å². The molecule has 1 atom stereocenters. The molecule has 1 aliphatic heterocycles. The van der Waals surface area contributed by atoms with Crippen LogP contribution in [0.2, 0.25) is 0 Å². The number of hydrogen-bond donors (Lipinski definition) is 1. The van der Waals surface area contributed by atoms with Crippen molar-refractivity contribution in [2.24, 2.45) is 0 Å². The molecule has 0 saturated carbocycles. The van der Waals surface area contributed by atoms with Crippen molar-refractivity contribution in [2.45, 2.75) is 45.7 Å². The summed E-state index contributed by atoms with van der Waals surface area (Å²) in [5.74, 6) is 0.638. The number of carbonyl (C=O) groups is 2. The van der Waals surface area contributed by atoms with Crippen molar-refractivity contribution in [3.05, 3.63) is 47.4 Å². The molecule has 1 N–H and O–H groups in total. The molecule has 0 spiro atoms. The van der Waals surface area contributed by atoms with Gasteiger partial charge in [0.2, 0.25) is 11.7 Å². The Morgan fingerprint density at radius 3 is 2.92 bits per heavy atom. The summed E-state index contributed by atoms with van der Waals surface area (Å²) in [6.07, 6.45) is 5.29. The van der Waals surface area contributed by atoms with Gasteiger partial charge in [0.15, 0.2) is 5.89 Å². The SMILES string of the molecule is CCc1nc(C)c(C(=O)N(Cc2cccnc2)C[C@@H]2CCC(=O)N2)o1. The summed E-state index contributed by atoms with van der Waals surface area (Å²) in [4.78, 5) is 34.6. The minimum Gasteiger partial charge on any atom is -0.435 e. The fourth-order valence-corrected chi connectivity index (χ4v) is 2.96. The van der Waals surface area contributed by atoms with E-state index in [2.05, 4.69) is 15.3 Å². The van der Waals surface area contributed by atoms with E-state index in [0.717, 1.165) is 12.0 Å². The molecule has 2 amide bonds. The molecule has 1 saturated heterocycles. The normalized spacial score (nSPS) is 16.7. The van der Waals surface area contributed by atoms with Crippen LogP contribution in [0.3, 0.4) is 0 Å². The quantitative estimate of drug-likeness (QED) is 0.866. The molecule has 3 heterocycles. The van der Waals surface area contributed by atoms with Crippen molar-refractivity contribution in [3.63, 3.8) is 0 Å². The van der Waals surface area contributed by atoms with Gasteiger partial charge in [0.25, 0.3) is 5.91 Å². The summed E-state index contributed by atoms with van der Waals surface area (Å²) in [6, 6.07) is 3.72. The van der Waals surface area contributed by atoms with Gasteiger partial charge in [-0.3, -0.25) is 14.6 Å². The molecule has 0 unspecified atom stereocenters. The van der Waals surface area contributed by atoms with Crippen LogP contribution in [-0.2, 0) is 17.8 Å². The fraction of sp³-hybridized carbons (Fsp3) is 0.444. The van der Waals surface area contributed by atoms with Crippen molar-refractivity contribution in [2.75, 3.05) is 6.54 Å². The number of nitrogens with zero attached hydrogens (tertiary/aromatic N) is 3. The Morgan fingerprint density at radius 1 is 1.48 bits per heavy atom. The number of pyridine rings is 1. The molecule has 2 aromatic rings. The zero-order chi connectivity index (χ0) is 17.8. The standard InChI is InChI=1S/C18H22N4O3/c1-3-16-20-12(2)17(25-16)18(24)22(10-13-5-4-8-19-9-13)11-14-6-7-15(23)21-14/h4-5,8-9,14H,3,6-7,10-11H2,1-2H3,(H,21,23)/t14-/m0/s1. The average molecular weight is 342 g/mol. The van der Waals surface area contributed by atoms with Gasteiger partial charge in [0, 0.05) is 44.4 Å². The summed E-state index contributed by atoms with van der Waals surface area (Å²) < 4.78 is 5.62. The predicted molar refractivity (Wildman–Crippen MR) is 90.8 cm³/mol. The second kappa shape index (κ2) is 7.46. The molecule has 7 nitrogen and oxygen atoms in total. The first-order valence-electron chi connectivity index (χ1n) is 8.50.